The Kier molecular flexibility index (Phi) is 4.20. The van der Waals surface area contributed by atoms with Crippen molar-refractivity contribution in [2.75, 3.05) is 5.33 Å². The molecule has 0 aromatic heterocycles. The number of nitrogens with zero attached hydrogens (tertiary/aromatic N) is 1. The molecule has 0 aliphatic rings. The number of carbonyl (C=O) groups is 2. The average Bonchev–Trinajstić information content (AvgIpc) is 1.87. The molecule has 2 amide bonds. The Hall–Kier alpha value is -1.11. The number of aliphatic carboxylic acids is 1. The number of halogens is 1. The van der Waals surface area contributed by atoms with Gasteiger partial charge in [0.2, 0.25) is 0 Å². The summed E-state index contributed by atoms with van der Waals surface area (Å²) in [7, 11) is 0. The molecule has 7 heteroatoms. The van der Waals surface area contributed by atoms with E-state index in [0.29, 0.717) is 0 Å². The summed E-state index contributed by atoms with van der Waals surface area (Å²) in [6.45, 7) is 0. The Labute approximate surface area is 70.6 Å². The lowest BCUT2D eigenvalue weighted by atomic mass is 10.4. The van der Waals surface area contributed by atoms with Gasteiger partial charge in [0.05, 0.1) is 5.33 Å². The standard InChI is InChI=1S/C4H6BrN3O3/c5-1-2(3(9)10)7-8-4(6)11/h1H2,(H,9,10)(H3,6,8,11)/b7-2+. The predicted molar refractivity (Wildman–Crippen MR) is 41.6 cm³/mol. The van der Waals surface area contributed by atoms with E-state index < -0.39 is 12.0 Å². The van der Waals surface area contributed by atoms with Crippen LogP contribution in [0.4, 0.5) is 4.79 Å². The van der Waals surface area contributed by atoms with E-state index in [0.717, 1.165) is 0 Å². The molecule has 0 aliphatic carbocycles. The van der Waals surface area contributed by atoms with Gasteiger partial charge in [0.25, 0.3) is 0 Å². The van der Waals surface area contributed by atoms with Crippen LogP contribution in [0.1, 0.15) is 0 Å². The molecule has 11 heavy (non-hydrogen) atoms. The maximum atomic E-state index is 10.2. The third-order valence-electron chi connectivity index (χ3n) is 0.674. The van der Waals surface area contributed by atoms with Crippen LogP contribution >= 0.6 is 15.9 Å². The van der Waals surface area contributed by atoms with Crippen molar-refractivity contribution in [2.45, 2.75) is 0 Å². The molecule has 0 saturated heterocycles. The number of carboxylic acids is 1. The van der Waals surface area contributed by atoms with Gasteiger partial charge in [-0.2, -0.15) is 5.10 Å². The molecule has 0 aromatic carbocycles. The summed E-state index contributed by atoms with van der Waals surface area (Å²) in [5.74, 6) is -1.21. The first-order chi connectivity index (χ1) is 5.07. The number of nitrogens with two attached hydrogens (primary N) is 1. The molecule has 6 nitrogen and oxygen atoms in total. The molecule has 0 atom stereocenters. The number of alkyl halides is 1. The van der Waals surface area contributed by atoms with Crippen LogP contribution in [0.2, 0.25) is 0 Å². The number of hydrogen-bond donors (Lipinski definition) is 3. The summed E-state index contributed by atoms with van der Waals surface area (Å²) in [4.78, 5) is 20.2. The SMILES string of the molecule is NC(=O)N/N=C(\CBr)C(=O)O. The monoisotopic (exact) mass is 223 g/mol. The van der Waals surface area contributed by atoms with E-state index >= 15 is 0 Å². The van der Waals surface area contributed by atoms with Gasteiger partial charge in [-0.25, -0.2) is 15.0 Å². The van der Waals surface area contributed by atoms with Crippen molar-refractivity contribution in [1.29, 1.82) is 0 Å². The molecule has 62 valence electrons. The van der Waals surface area contributed by atoms with E-state index in [4.69, 9.17) is 5.11 Å². The number of primary amides is 1. The van der Waals surface area contributed by atoms with Crippen molar-refractivity contribution in [3.63, 3.8) is 0 Å². The van der Waals surface area contributed by atoms with Gasteiger partial charge in [-0.1, -0.05) is 15.9 Å². The maximum absolute atomic E-state index is 10.2. The molecule has 0 radical (unpaired) electrons. The van der Waals surface area contributed by atoms with Crippen molar-refractivity contribution in [3.8, 4) is 0 Å². The molecular formula is C4H6BrN3O3. The van der Waals surface area contributed by atoms with Gasteiger partial charge >= 0.3 is 12.0 Å². The molecule has 0 unspecified atom stereocenters. The van der Waals surface area contributed by atoms with Crippen LogP contribution in [0.15, 0.2) is 5.10 Å². The second kappa shape index (κ2) is 4.67. The Morgan fingerprint density at radius 1 is 1.64 bits per heavy atom. The van der Waals surface area contributed by atoms with Crippen molar-refractivity contribution >= 4 is 33.6 Å². The van der Waals surface area contributed by atoms with Gasteiger partial charge in [-0.05, 0) is 0 Å². The highest BCUT2D eigenvalue weighted by molar-refractivity contribution is 9.09. The van der Waals surface area contributed by atoms with Gasteiger partial charge < -0.3 is 10.8 Å². The number of rotatable bonds is 3. The molecule has 0 spiro atoms. The van der Waals surface area contributed by atoms with Crippen LogP contribution in [0.25, 0.3) is 0 Å². The molecular weight excluding hydrogens is 218 g/mol. The molecule has 0 aliphatic heterocycles. The van der Waals surface area contributed by atoms with Gasteiger partial charge in [0.1, 0.15) is 0 Å². The van der Waals surface area contributed by atoms with Crippen molar-refractivity contribution in [1.82, 2.24) is 5.43 Å². The lowest BCUT2D eigenvalue weighted by Gasteiger charge is -1.94. The maximum Gasteiger partial charge on any atom is 0.352 e. The van der Waals surface area contributed by atoms with Crippen molar-refractivity contribution in [3.05, 3.63) is 0 Å². The molecule has 4 N–H and O–H groups in total. The third-order valence-corrected chi connectivity index (χ3v) is 1.21. The summed E-state index contributed by atoms with van der Waals surface area (Å²) in [5.41, 5.74) is 6.21. The average molecular weight is 224 g/mol. The van der Waals surface area contributed by atoms with Crippen LogP contribution in [0.3, 0.4) is 0 Å². The topological polar surface area (TPSA) is 105 Å². The minimum Gasteiger partial charge on any atom is -0.477 e. The van der Waals surface area contributed by atoms with E-state index in [1.54, 1.807) is 5.43 Å². The Morgan fingerprint density at radius 3 is 2.45 bits per heavy atom. The van der Waals surface area contributed by atoms with Gasteiger partial charge in [0.15, 0.2) is 5.71 Å². The van der Waals surface area contributed by atoms with Gasteiger partial charge in [-0.15, -0.1) is 0 Å². The largest absolute Gasteiger partial charge is 0.477 e. The van der Waals surface area contributed by atoms with E-state index in [1.807, 2.05) is 0 Å². The fourth-order valence-electron chi connectivity index (χ4n) is 0.257. The van der Waals surface area contributed by atoms with Crippen LogP contribution in [0.5, 0.6) is 0 Å². The number of carboxylic acid groups (broad SMARTS) is 1. The van der Waals surface area contributed by atoms with Crippen LogP contribution in [-0.4, -0.2) is 28.1 Å². The van der Waals surface area contributed by atoms with Gasteiger partial charge in [-0.3, -0.25) is 0 Å². The predicted octanol–water partition coefficient (Wildman–Crippen LogP) is -0.510. The minimum absolute atomic E-state index is 0.0443. The summed E-state index contributed by atoms with van der Waals surface area (Å²) in [5, 5.41) is 11.6. The third kappa shape index (κ3) is 4.31. The minimum atomic E-state index is -1.21. The number of nitrogens with one attached hydrogen (secondary N) is 1. The zero-order chi connectivity index (χ0) is 8.85. The Bertz CT molecular complexity index is 203. The number of urea groups is 1. The Morgan fingerprint density at radius 2 is 2.18 bits per heavy atom. The van der Waals surface area contributed by atoms with Crippen LogP contribution in [-0.2, 0) is 4.79 Å². The van der Waals surface area contributed by atoms with Crippen molar-refractivity contribution < 1.29 is 14.7 Å². The van der Waals surface area contributed by atoms with E-state index in [-0.39, 0.29) is 11.0 Å². The van der Waals surface area contributed by atoms with E-state index in [2.05, 4.69) is 26.8 Å². The molecule has 0 saturated carbocycles. The number of hydrogen-bond acceptors (Lipinski definition) is 3. The normalized spacial score (nSPS) is 10.8. The fourth-order valence-corrected chi connectivity index (χ4v) is 0.623. The first-order valence-corrected chi connectivity index (χ1v) is 3.61. The summed E-state index contributed by atoms with van der Waals surface area (Å²) in [6, 6.07) is -0.898. The molecule has 0 rings (SSSR count). The van der Waals surface area contributed by atoms with Crippen LogP contribution < -0.4 is 11.2 Å². The van der Waals surface area contributed by atoms with E-state index in [1.165, 1.54) is 0 Å². The zero-order valence-electron chi connectivity index (χ0n) is 5.37. The smallest absolute Gasteiger partial charge is 0.352 e. The number of hydrazone groups is 1. The lowest BCUT2D eigenvalue weighted by Crippen LogP contribution is -2.28. The van der Waals surface area contributed by atoms with Crippen molar-refractivity contribution in [2.24, 2.45) is 10.8 Å². The molecule has 0 heterocycles. The first kappa shape index (κ1) is 9.89. The lowest BCUT2D eigenvalue weighted by molar-refractivity contribution is -0.129. The summed E-state index contributed by atoms with van der Waals surface area (Å²) in [6.07, 6.45) is 0. The molecule has 0 bridgehead atoms. The Balaban J connectivity index is 4.13. The first-order valence-electron chi connectivity index (χ1n) is 2.49. The van der Waals surface area contributed by atoms with Crippen LogP contribution in [0, 0.1) is 0 Å². The molecule has 0 aromatic rings. The second-order valence-corrected chi connectivity index (χ2v) is 2.03. The zero-order valence-corrected chi connectivity index (χ0v) is 6.96. The van der Waals surface area contributed by atoms with E-state index in [9.17, 15) is 9.59 Å². The summed E-state index contributed by atoms with van der Waals surface area (Å²) >= 11 is 2.86. The fraction of sp³-hybridized carbons (Fsp3) is 0.250. The highest BCUT2D eigenvalue weighted by Crippen LogP contribution is 1.85. The highest BCUT2D eigenvalue weighted by atomic mass is 79.9. The quantitative estimate of drug-likeness (QED) is 0.341. The summed E-state index contributed by atoms with van der Waals surface area (Å²) < 4.78 is 0. The molecule has 0 fully saturated rings. The van der Waals surface area contributed by atoms with Gasteiger partial charge in [0, 0.05) is 0 Å². The second-order valence-electron chi connectivity index (χ2n) is 1.47. The number of amides is 2. The highest BCUT2D eigenvalue weighted by Gasteiger charge is 2.06. The number of carbonyl (C=O) groups excluding carboxylic acids is 1.